The van der Waals surface area contributed by atoms with E-state index in [-0.39, 0.29) is 24.0 Å². The summed E-state index contributed by atoms with van der Waals surface area (Å²) in [5, 5.41) is 6.61. The van der Waals surface area contributed by atoms with E-state index in [1.165, 1.54) is 6.07 Å². The SMILES string of the molecule is CN=C(NCCc1cccc(F)c1F)NC1CCN(c2cccc(C)n2)CC1.I. The topological polar surface area (TPSA) is 52.6 Å². The molecular weight excluding hydrogens is 487 g/mol. The van der Waals surface area contributed by atoms with Crippen LogP contribution in [0.4, 0.5) is 14.6 Å². The molecule has 1 aliphatic rings. The third-order valence-corrected chi connectivity index (χ3v) is 4.98. The fraction of sp³-hybridized carbons (Fsp3) is 0.429. The number of hydrogen-bond donors (Lipinski definition) is 2. The zero-order chi connectivity index (χ0) is 19.9. The Hall–Kier alpha value is -1.97. The number of aryl methyl sites for hydroxylation is 1. The van der Waals surface area contributed by atoms with Crippen LogP contribution < -0.4 is 15.5 Å². The summed E-state index contributed by atoms with van der Waals surface area (Å²) in [4.78, 5) is 11.1. The van der Waals surface area contributed by atoms with E-state index >= 15 is 0 Å². The van der Waals surface area contributed by atoms with Gasteiger partial charge in [-0.2, -0.15) is 0 Å². The molecule has 8 heteroatoms. The quantitative estimate of drug-likeness (QED) is 0.363. The number of aliphatic imine (C=N–C) groups is 1. The minimum atomic E-state index is -0.810. The fourth-order valence-electron chi connectivity index (χ4n) is 3.40. The monoisotopic (exact) mass is 515 g/mol. The number of nitrogens with zero attached hydrogens (tertiary/aromatic N) is 3. The zero-order valence-electron chi connectivity index (χ0n) is 16.8. The van der Waals surface area contributed by atoms with Gasteiger partial charge in [0, 0.05) is 38.4 Å². The van der Waals surface area contributed by atoms with Gasteiger partial charge in [0.2, 0.25) is 0 Å². The van der Waals surface area contributed by atoms with E-state index in [0.29, 0.717) is 30.5 Å². The van der Waals surface area contributed by atoms with Crippen LogP contribution in [0.15, 0.2) is 41.4 Å². The second-order valence-corrected chi connectivity index (χ2v) is 7.00. The number of aromatic nitrogens is 1. The predicted molar refractivity (Wildman–Crippen MR) is 124 cm³/mol. The van der Waals surface area contributed by atoms with Crippen LogP contribution in [-0.4, -0.2) is 43.7 Å². The van der Waals surface area contributed by atoms with Gasteiger partial charge in [0.25, 0.3) is 0 Å². The Kier molecular flexibility index (Phi) is 9.06. The molecule has 0 atom stereocenters. The molecule has 0 spiro atoms. The number of rotatable bonds is 5. The molecule has 2 heterocycles. The van der Waals surface area contributed by atoms with Crippen LogP contribution in [0.25, 0.3) is 0 Å². The first-order valence-electron chi connectivity index (χ1n) is 9.65. The van der Waals surface area contributed by atoms with Gasteiger partial charge in [-0.3, -0.25) is 4.99 Å². The molecule has 1 aromatic carbocycles. The van der Waals surface area contributed by atoms with Crippen LogP contribution in [0.3, 0.4) is 0 Å². The van der Waals surface area contributed by atoms with Crippen LogP contribution in [0.2, 0.25) is 0 Å². The van der Waals surface area contributed by atoms with Gasteiger partial charge in [-0.15, -0.1) is 24.0 Å². The minimum Gasteiger partial charge on any atom is -0.356 e. The first-order chi connectivity index (χ1) is 13.6. The van der Waals surface area contributed by atoms with Crippen LogP contribution in [0, 0.1) is 18.6 Å². The summed E-state index contributed by atoms with van der Waals surface area (Å²) >= 11 is 0. The minimum absolute atomic E-state index is 0. The number of guanidine groups is 1. The molecule has 1 aliphatic heterocycles. The van der Waals surface area contributed by atoms with Gasteiger partial charge >= 0.3 is 0 Å². The van der Waals surface area contributed by atoms with Gasteiger partial charge in [-0.1, -0.05) is 18.2 Å². The van der Waals surface area contributed by atoms with E-state index in [9.17, 15) is 8.78 Å². The van der Waals surface area contributed by atoms with E-state index in [4.69, 9.17) is 0 Å². The Morgan fingerprint density at radius 1 is 1.17 bits per heavy atom. The summed E-state index contributed by atoms with van der Waals surface area (Å²) in [6.45, 7) is 4.34. The molecule has 2 aromatic rings. The van der Waals surface area contributed by atoms with Crippen molar-refractivity contribution in [2.45, 2.75) is 32.2 Å². The highest BCUT2D eigenvalue weighted by Crippen LogP contribution is 2.18. The highest BCUT2D eigenvalue weighted by atomic mass is 127. The second kappa shape index (κ2) is 11.3. The van der Waals surface area contributed by atoms with Crippen molar-refractivity contribution in [2.24, 2.45) is 4.99 Å². The van der Waals surface area contributed by atoms with E-state index in [1.807, 2.05) is 25.1 Å². The van der Waals surface area contributed by atoms with Gasteiger partial charge < -0.3 is 15.5 Å². The first kappa shape index (κ1) is 23.3. The highest BCUT2D eigenvalue weighted by molar-refractivity contribution is 14.0. The van der Waals surface area contributed by atoms with Crippen LogP contribution in [-0.2, 0) is 6.42 Å². The first-order valence-corrected chi connectivity index (χ1v) is 9.65. The standard InChI is InChI=1S/C21H27F2N5.HI/c1-15-5-3-8-19(26-15)28-13-10-17(11-14-28)27-21(24-2)25-12-9-16-6-4-7-18(22)20(16)23;/h3-8,17H,9-14H2,1-2H3,(H2,24,25,27);1H. The lowest BCUT2D eigenvalue weighted by molar-refractivity contribution is 0.459. The molecule has 3 rings (SSSR count). The number of hydrogen-bond acceptors (Lipinski definition) is 3. The third kappa shape index (κ3) is 6.52. The van der Waals surface area contributed by atoms with Gasteiger partial charge in [-0.05, 0) is 49.9 Å². The molecule has 158 valence electrons. The van der Waals surface area contributed by atoms with Crippen LogP contribution in [0.5, 0.6) is 0 Å². The van der Waals surface area contributed by atoms with Gasteiger partial charge in [-0.25, -0.2) is 13.8 Å². The molecule has 1 saturated heterocycles. The summed E-state index contributed by atoms with van der Waals surface area (Å²) in [6, 6.07) is 10.7. The molecule has 2 N–H and O–H groups in total. The normalized spacial score (nSPS) is 15.0. The highest BCUT2D eigenvalue weighted by Gasteiger charge is 2.21. The molecule has 0 bridgehead atoms. The van der Waals surface area contributed by atoms with Crippen molar-refractivity contribution in [2.75, 3.05) is 31.6 Å². The molecular formula is C21H28F2IN5. The molecule has 0 aliphatic carbocycles. The molecule has 0 saturated carbocycles. The third-order valence-electron chi connectivity index (χ3n) is 4.98. The van der Waals surface area contributed by atoms with E-state index in [0.717, 1.165) is 43.5 Å². The van der Waals surface area contributed by atoms with Crippen molar-refractivity contribution in [3.63, 3.8) is 0 Å². The number of halogens is 3. The molecule has 5 nitrogen and oxygen atoms in total. The van der Waals surface area contributed by atoms with Crippen molar-refractivity contribution in [1.82, 2.24) is 15.6 Å². The molecule has 0 radical (unpaired) electrons. The summed E-state index contributed by atoms with van der Waals surface area (Å²) in [6.07, 6.45) is 2.35. The lowest BCUT2D eigenvalue weighted by Crippen LogP contribution is -2.49. The summed E-state index contributed by atoms with van der Waals surface area (Å²) < 4.78 is 27.0. The van der Waals surface area contributed by atoms with E-state index in [1.54, 1.807) is 13.1 Å². The second-order valence-electron chi connectivity index (χ2n) is 7.00. The zero-order valence-corrected chi connectivity index (χ0v) is 19.1. The van der Waals surface area contributed by atoms with E-state index in [2.05, 4.69) is 25.5 Å². The number of nitrogens with one attached hydrogen (secondary N) is 2. The van der Waals surface area contributed by atoms with Crippen molar-refractivity contribution >= 4 is 35.8 Å². The van der Waals surface area contributed by atoms with E-state index < -0.39 is 11.6 Å². The fourth-order valence-corrected chi connectivity index (χ4v) is 3.40. The molecule has 0 unspecified atom stereocenters. The van der Waals surface area contributed by atoms with Crippen molar-refractivity contribution < 1.29 is 8.78 Å². The average molecular weight is 515 g/mol. The number of pyridine rings is 1. The molecule has 1 aromatic heterocycles. The maximum Gasteiger partial charge on any atom is 0.191 e. The number of anilines is 1. The molecule has 29 heavy (non-hydrogen) atoms. The van der Waals surface area contributed by atoms with Crippen LogP contribution >= 0.6 is 24.0 Å². The maximum absolute atomic E-state index is 13.7. The molecule has 1 fully saturated rings. The lowest BCUT2D eigenvalue weighted by Gasteiger charge is -2.34. The van der Waals surface area contributed by atoms with Crippen LogP contribution in [0.1, 0.15) is 24.1 Å². The molecule has 0 amide bonds. The van der Waals surface area contributed by atoms with Crippen molar-refractivity contribution in [1.29, 1.82) is 0 Å². The lowest BCUT2D eigenvalue weighted by atomic mass is 10.1. The Balaban J connectivity index is 0.00000300. The van der Waals surface area contributed by atoms with Gasteiger partial charge in [0.05, 0.1) is 0 Å². The number of piperidine rings is 1. The van der Waals surface area contributed by atoms with Gasteiger partial charge in [0.15, 0.2) is 17.6 Å². The Labute approximate surface area is 188 Å². The Bertz CT molecular complexity index is 822. The summed E-state index contributed by atoms with van der Waals surface area (Å²) in [7, 11) is 1.71. The predicted octanol–water partition coefficient (Wildman–Crippen LogP) is 3.66. The average Bonchev–Trinajstić information content (AvgIpc) is 2.71. The Morgan fingerprint density at radius 2 is 1.90 bits per heavy atom. The van der Waals surface area contributed by atoms with Crippen molar-refractivity contribution in [3.05, 3.63) is 59.3 Å². The maximum atomic E-state index is 13.7. The van der Waals surface area contributed by atoms with Gasteiger partial charge in [0.1, 0.15) is 5.82 Å². The largest absolute Gasteiger partial charge is 0.356 e. The summed E-state index contributed by atoms with van der Waals surface area (Å²) in [5.74, 6) is 0.126. The van der Waals surface area contributed by atoms with Crippen molar-refractivity contribution in [3.8, 4) is 0 Å². The number of benzene rings is 1. The summed E-state index contributed by atoms with van der Waals surface area (Å²) in [5.41, 5.74) is 1.39. The smallest absolute Gasteiger partial charge is 0.191 e. The Morgan fingerprint density at radius 3 is 2.59 bits per heavy atom.